The van der Waals surface area contributed by atoms with Crippen LogP contribution >= 0.6 is 0 Å². The largest absolute Gasteiger partial charge is 0.307 e. The highest BCUT2D eigenvalue weighted by molar-refractivity contribution is 5.28. The lowest BCUT2D eigenvalue weighted by molar-refractivity contribution is 0.157. The molecule has 0 radical (unpaired) electrons. The van der Waals surface area contributed by atoms with Gasteiger partial charge in [0.2, 0.25) is 0 Å². The van der Waals surface area contributed by atoms with Gasteiger partial charge in [-0.3, -0.25) is 0 Å². The van der Waals surface area contributed by atoms with E-state index in [9.17, 15) is 0 Å². The van der Waals surface area contributed by atoms with Gasteiger partial charge in [0.15, 0.2) is 0 Å². The van der Waals surface area contributed by atoms with E-state index in [4.69, 9.17) is 0 Å². The number of benzene rings is 1. The first-order chi connectivity index (χ1) is 9.38. The van der Waals surface area contributed by atoms with E-state index < -0.39 is 0 Å². The summed E-state index contributed by atoms with van der Waals surface area (Å²) in [5.41, 5.74) is 3.33. The van der Waals surface area contributed by atoms with Crippen molar-refractivity contribution in [3.8, 4) is 0 Å². The monoisotopic (exact) mass is 273 g/mol. The first kappa shape index (κ1) is 15.6. The van der Waals surface area contributed by atoms with Crippen LogP contribution in [0.2, 0.25) is 0 Å². The molecule has 0 amide bonds. The summed E-state index contributed by atoms with van der Waals surface area (Å²) >= 11 is 0. The van der Waals surface area contributed by atoms with Crippen molar-refractivity contribution in [2.24, 2.45) is 11.3 Å². The highest BCUT2D eigenvalue weighted by Gasteiger charge is 2.30. The van der Waals surface area contributed by atoms with Gasteiger partial charge >= 0.3 is 0 Å². The van der Waals surface area contributed by atoms with E-state index in [0.29, 0.717) is 17.5 Å². The average molecular weight is 273 g/mol. The Morgan fingerprint density at radius 2 is 1.65 bits per heavy atom. The van der Waals surface area contributed by atoms with Crippen molar-refractivity contribution in [2.45, 2.75) is 72.4 Å². The molecule has 0 heterocycles. The SMILES string of the molecule is Cc1ccccc1[C@H](C)NC1CCC(C(C)(C)C)CC1. The molecule has 0 bridgehead atoms. The van der Waals surface area contributed by atoms with Gasteiger partial charge in [0.25, 0.3) is 0 Å². The van der Waals surface area contributed by atoms with Crippen LogP contribution in [0.15, 0.2) is 24.3 Å². The van der Waals surface area contributed by atoms with Crippen LogP contribution in [0, 0.1) is 18.3 Å². The second-order valence-corrected chi connectivity index (χ2v) is 7.66. The van der Waals surface area contributed by atoms with Crippen LogP contribution in [-0.2, 0) is 0 Å². The Labute approximate surface area is 125 Å². The van der Waals surface area contributed by atoms with Gasteiger partial charge in [-0.15, -0.1) is 0 Å². The maximum absolute atomic E-state index is 3.85. The standard InChI is InChI=1S/C19H31N/c1-14-8-6-7-9-18(14)15(2)20-17-12-10-16(11-13-17)19(3,4)5/h6-9,15-17,20H,10-13H2,1-5H3/t15-,16?,17?/m0/s1. The molecule has 1 aliphatic carbocycles. The Kier molecular flexibility index (Phi) is 4.90. The molecule has 20 heavy (non-hydrogen) atoms. The summed E-state index contributed by atoms with van der Waals surface area (Å²) in [6.07, 6.45) is 5.42. The van der Waals surface area contributed by atoms with Gasteiger partial charge in [-0.05, 0) is 62.0 Å². The van der Waals surface area contributed by atoms with Crippen molar-refractivity contribution >= 4 is 0 Å². The maximum atomic E-state index is 3.85. The van der Waals surface area contributed by atoms with Crippen molar-refractivity contribution in [3.63, 3.8) is 0 Å². The van der Waals surface area contributed by atoms with Crippen molar-refractivity contribution < 1.29 is 0 Å². The molecule has 1 N–H and O–H groups in total. The molecule has 0 aromatic heterocycles. The molecule has 0 aliphatic heterocycles. The first-order valence-corrected chi connectivity index (χ1v) is 8.19. The highest BCUT2D eigenvalue weighted by atomic mass is 14.9. The van der Waals surface area contributed by atoms with E-state index in [-0.39, 0.29) is 0 Å². The summed E-state index contributed by atoms with van der Waals surface area (Å²) in [6.45, 7) is 11.7. The molecular weight excluding hydrogens is 242 g/mol. The van der Waals surface area contributed by atoms with Gasteiger partial charge in [-0.2, -0.15) is 0 Å². The lowest BCUT2D eigenvalue weighted by Gasteiger charge is -2.38. The Bertz CT molecular complexity index is 422. The Balaban J connectivity index is 1.88. The molecule has 0 saturated heterocycles. The van der Waals surface area contributed by atoms with Crippen molar-refractivity contribution in [1.29, 1.82) is 0 Å². The van der Waals surface area contributed by atoms with Gasteiger partial charge in [0, 0.05) is 12.1 Å². The summed E-state index contributed by atoms with van der Waals surface area (Å²) < 4.78 is 0. The zero-order chi connectivity index (χ0) is 14.8. The smallest absolute Gasteiger partial charge is 0.0296 e. The molecular formula is C19H31N. The number of rotatable bonds is 3. The summed E-state index contributed by atoms with van der Waals surface area (Å²) in [4.78, 5) is 0. The molecule has 2 rings (SSSR count). The zero-order valence-corrected chi connectivity index (χ0v) is 13.9. The molecule has 1 atom stereocenters. The van der Waals surface area contributed by atoms with Crippen LogP contribution in [0.5, 0.6) is 0 Å². The predicted molar refractivity (Wildman–Crippen MR) is 87.9 cm³/mol. The minimum atomic E-state index is 0.465. The van der Waals surface area contributed by atoms with Crippen LogP contribution in [0.3, 0.4) is 0 Å². The van der Waals surface area contributed by atoms with Crippen LogP contribution in [0.1, 0.15) is 70.5 Å². The zero-order valence-electron chi connectivity index (χ0n) is 13.9. The highest BCUT2D eigenvalue weighted by Crippen LogP contribution is 2.38. The number of hydrogen-bond donors (Lipinski definition) is 1. The topological polar surface area (TPSA) is 12.0 Å². The van der Waals surface area contributed by atoms with Gasteiger partial charge < -0.3 is 5.32 Å². The Morgan fingerprint density at radius 1 is 1.05 bits per heavy atom. The number of aryl methyl sites for hydroxylation is 1. The first-order valence-electron chi connectivity index (χ1n) is 8.19. The van der Waals surface area contributed by atoms with Gasteiger partial charge in [-0.25, -0.2) is 0 Å². The lowest BCUT2D eigenvalue weighted by Crippen LogP contribution is -2.37. The normalized spacial score (nSPS) is 25.4. The van der Waals surface area contributed by atoms with E-state index in [2.05, 4.69) is 64.2 Å². The summed E-state index contributed by atoms with van der Waals surface area (Å²) in [6, 6.07) is 9.91. The molecule has 1 fully saturated rings. The lowest BCUT2D eigenvalue weighted by atomic mass is 9.71. The van der Waals surface area contributed by atoms with Gasteiger partial charge in [-0.1, -0.05) is 45.0 Å². The van der Waals surface area contributed by atoms with Crippen molar-refractivity contribution in [1.82, 2.24) is 5.32 Å². The summed E-state index contributed by atoms with van der Waals surface area (Å²) in [7, 11) is 0. The Morgan fingerprint density at radius 3 is 2.20 bits per heavy atom. The molecule has 1 aromatic carbocycles. The fourth-order valence-electron chi connectivity index (χ4n) is 3.64. The van der Waals surface area contributed by atoms with Gasteiger partial charge in [0.1, 0.15) is 0 Å². The van der Waals surface area contributed by atoms with Gasteiger partial charge in [0.05, 0.1) is 0 Å². The third-order valence-corrected chi connectivity index (χ3v) is 5.09. The van der Waals surface area contributed by atoms with Crippen molar-refractivity contribution in [2.75, 3.05) is 0 Å². The minimum absolute atomic E-state index is 0.465. The van der Waals surface area contributed by atoms with Crippen molar-refractivity contribution in [3.05, 3.63) is 35.4 Å². The second-order valence-electron chi connectivity index (χ2n) is 7.66. The molecule has 1 aliphatic rings. The second kappa shape index (κ2) is 6.30. The summed E-state index contributed by atoms with van der Waals surface area (Å²) in [5, 5.41) is 3.85. The molecule has 0 unspecified atom stereocenters. The molecule has 1 aromatic rings. The molecule has 1 saturated carbocycles. The molecule has 1 heteroatoms. The van der Waals surface area contributed by atoms with Crippen LogP contribution in [0.25, 0.3) is 0 Å². The average Bonchev–Trinajstić information content (AvgIpc) is 2.38. The van der Waals surface area contributed by atoms with Crippen LogP contribution < -0.4 is 5.32 Å². The fraction of sp³-hybridized carbons (Fsp3) is 0.684. The molecule has 0 spiro atoms. The third-order valence-electron chi connectivity index (χ3n) is 5.09. The van der Waals surface area contributed by atoms with E-state index in [1.54, 1.807) is 0 Å². The maximum Gasteiger partial charge on any atom is 0.0296 e. The number of nitrogens with one attached hydrogen (secondary N) is 1. The summed E-state index contributed by atoms with van der Waals surface area (Å²) in [5.74, 6) is 0.898. The van der Waals surface area contributed by atoms with E-state index in [1.807, 2.05) is 0 Å². The number of hydrogen-bond acceptors (Lipinski definition) is 1. The predicted octanol–water partition coefficient (Wildman–Crippen LogP) is 5.25. The molecule has 1 nitrogen and oxygen atoms in total. The Hall–Kier alpha value is -0.820. The molecule has 112 valence electrons. The van der Waals surface area contributed by atoms with Crippen LogP contribution in [0.4, 0.5) is 0 Å². The van der Waals surface area contributed by atoms with E-state index in [1.165, 1.54) is 36.8 Å². The minimum Gasteiger partial charge on any atom is -0.307 e. The van der Waals surface area contributed by atoms with E-state index in [0.717, 1.165) is 5.92 Å². The quantitative estimate of drug-likeness (QED) is 0.793. The van der Waals surface area contributed by atoms with E-state index >= 15 is 0 Å². The fourth-order valence-corrected chi connectivity index (χ4v) is 3.64. The van der Waals surface area contributed by atoms with Crippen LogP contribution in [-0.4, -0.2) is 6.04 Å². The third kappa shape index (κ3) is 3.85.